The maximum atomic E-state index is 12.8. The molecule has 0 radical (unpaired) electrons. The second kappa shape index (κ2) is 3.57. The number of benzene rings is 1. The number of aromatic nitrogens is 2. The van der Waals surface area contributed by atoms with Gasteiger partial charge >= 0.3 is 0 Å². The van der Waals surface area contributed by atoms with Crippen molar-refractivity contribution in [2.45, 2.75) is 6.42 Å². The van der Waals surface area contributed by atoms with Gasteiger partial charge in [0.05, 0.1) is 0 Å². The first kappa shape index (κ1) is 8.87. The van der Waals surface area contributed by atoms with Crippen LogP contribution in [0.2, 0.25) is 0 Å². The van der Waals surface area contributed by atoms with Gasteiger partial charge in [-0.25, -0.2) is 8.78 Å². The fraction of sp³-hybridized carbons (Fsp3) is 0.100. The van der Waals surface area contributed by atoms with Crippen LogP contribution in [0, 0.1) is 11.6 Å². The van der Waals surface area contributed by atoms with Gasteiger partial charge in [0.2, 0.25) is 0 Å². The molecule has 0 spiro atoms. The normalized spacial score (nSPS) is 10.4. The van der Waals surface area contributed by atoms with Crippen molar-refractivity contribution in [2.75, 3.05) is 0 Å². The van der Waals surface area contributed by atoms with Crippen molar-refractivity contribution in [1.29, 1.82) is 0 Å². The molecule has 2 aromatic rings. The van der Waals surface area contributed by atoms with Gasteiger partial charge in [0.25, 0.3) is 0 Å². The molecule has 0 saturated carbocycles. The van der Waals surface area contributed by atoms with Crippen LogP contribution in [0.25, 0.3) is 0 Å². The average molecular weight is 194 g/mol. The Morgan fingerprint density at radius 2 is 2.00 bits per heavy atom. The van der Waals surface area contributed by atoms with E-state index in [0.29, 0.717) is 12.0 Å². The van der Waals surface area contributed by atoms with E-state index in [1.807, 2.05) is 0 Å². The zero-order valence-electron chi connectivity index (χ0n) is 7.30. The number of hydrogen-bond donors (Lipinski definition) is 1. The molecule has 1 heterocycles. The van der Waals surface area contributed by atoms with Gasteiger partial charge in [-0.1, -0.05) is 6.07 Å². The summed E-state index contributed by atoms with van der Waals surface area (Å²) in [5.41, 5.74) is 1.59. The number of hydrogen-bond acceptors (Lipinski definition) is 1. The molecule has 0 fully saturated rings. The number of nitrogens with zero attached hydrogens (tertiary/aromatic N) is 1. The van der Waals surface area contributed by atoms with Crippen molar-refractivity contribution >= 4 is 0 Å². The van der Waals surface area contributed by atoms with E-state index in [0.717, 1.165) is 11.8 Å². The molecule has 0 aliphatic heterocycles. The minimum Gasteiger partial charge on any atom is -0.282 e. The predicted molar refractivity (Wildman–Crippen MR) is 47.8 cm³/mol. The molecule has 0 atom stereocenters. The van der Waals surface area contributed by atoms with E-state index in [1.165, 1.54) is 6.07 Å². The van der Waals surface area contributed by atoms with E-state index in [2.05, 4.69) is 10.2 Å². The van der Waals surface area contributed by atoms with Crippen LogP contribution in [-0.4, -0.2) is 10.2 Å². The summed E-state index contributed by atoms with van der Waals surface area (Å²) in [6.07, 6.45) is 2.15. The van der Waals surface area contributed by atoms with E-state index in [9.17, 15) is 8.78 Å². The molecule has 0 aliphatic carbocycles. The monoisotopic (exact) mass is 194 g/mol. The smallest absolute Gasteiger partial charge is 0.159 e. The number of H-pyrrole nitrogens is 1. The topological polar surface area (TPSA) is 28.7 Å². The van der Waals surface area contributed by atoms with Gasteiger partial charge in [-0.3, -0.25) is 5.10 Å². The molecular formula is C10H8F2N2. The molecule has 4 heteroatoms. The van der Waals surface area contributed by atoms with Gasteiger partial charge in [-0.2, -0.15) is 5.10 Å². The first-order valence-electron chi connectivity index (χ1n) is 4.18. The lowest BCUT2D eigenvalue weighted by molar-refractivity contribution is 0.507. The quantitative estimate of drug-likeness (QED) is 0.780. The highest BCUT2D eigenvalue weighted by Gasteiger charge is 2.03. The molecule has 0 aliphatic rings. The summed E-state index contributed by atoms with van der Waals surface area (Å²) in [6.45, 7) is 0. The Morgan fingerprint density at radius 3 is 2.64 bits per heavy atom. The summed E-state index contributed by atoms with van der Waals surface area (Å²) in [5, 5.41) is 6.52. The second-order valence-corrected chi connectivity index (χ2v) is 3.01. The van der Waals surface area contributed by atoms with Crippen LogP contribution in [0.5, 0.6) is 0 Å². The summed E-state index contributed by atoms with van der Waals surface area (Å²) < 4.78 is 25.4. The number of aromatic amines is 1. The first-order chi connectivity index (χ1) is 6.75. The van der Waals surface area contributed by atoms with Gasteiger partial charge in [-0.15, -0.1) is 0 Å². The molecule has 0 unspecified atom stereocenters. The lowest BCUT2D eigenvalue weighted by Gasteiger charge is -1.99. The van der Waals surface area contributed by atoms with Crippen LogP contribution in [-0.2, 0) is 6.42 Å². The third kappa shape index (κ3) is 1.79. The Balaban J connectivity index is 2.22. The second-order valence-electron chi connectivity index (χ2n) is 3.01. The zero-order valence-corrected chi connectivity index (χ0v) is 7.30. The van der Waals surface area contributed by atoms with Crippen molar-refractivity contribution in [3.8, 4) is 0 Å². The number of nitrogens with one attached hydrogen (secondary N) is 1. The summed E-state index contributed by atoms with van der Waals surface area (Å²) in [4.78, 5) is 0. The van der Waals surface area contributed by atoms with Crippen molar-refractivity contribution in [1.82, 2.24) is 10.2 Å². The Morgan fingerprint density at radius 1 is 1.14 bits per heavy atom. The van der Waals surface area contributed by atoms with Crippen LogP contribution in [0.15, 0.2) is 30.5 Å². The lowest BCUT2D eigenvalue weighted by Crippen LogP contribution is -1.91. The molecule has 14 heavy (non-hydrogen) atoms. The van der Waals surface area contributed by atoms with Crippen LogP contribution in [0.1, 0.15) is 11.3 Å². The van der Waals surface area contributed by atoms with Crippen LogP contribution >= 0.6 is 0 Å². The number of halogens is 2. The average Bonchev–Trinajstić information content (AvgIpc) is 2.64. The summed E-state index contributed by atoms with van der Waals surface area (Å²) >= 11 is 0. The minimum absolute atomic E-state index is 0.525. The highest BCUT2D eigenvalue weighted by molar-refractivity contribution is 5.22. The first-order valence-corrected chi connectivity index (χ1v) is 4.18. The van der Waals surface area contributed by atoms with Crippen LogP contribution in [0.4, 0.5) is 8.78 Å². The van der Waals surface area contributed by atoms with Gasteiger partial charge in [0, 0.05) is 18.3 Å². The van der Waals surface area contributed by atoms with E-state index in [-0.39, 0.29) is 0 Å². The molecule has 72 valence electrons. The molecule has 0 saturated heterocycles. The van der Waals surface area contributed by atoms with Crippen LogP contribution < -0.4 is 0 Å². The lowest BCUT2D eigenvalue weighted by atomic mass is 10.1. The fourth-order valence-electron chi connectivity index (χ4n) is 1.25. The van der Waals surface area contributed by atoms with E-state index in [1.54, 1.807) is 18.3 Å². The van der Waals surface area contributed by atoms with Crippen molar-refractivity contribution in [2.24, 2.45) is 0 Å². The molecule has 1 N–H and O–H groups in total. The molecule has 0 amide bonds. The van der Waals surface area contributed by atoms with Crippen molar-refractivity contribution in [3.05, 3.63) is 53.4 Å². The third-order valence-corrected chi connectivity index (χ3v) is 1.94. The molecular weight excluding hydrogens is 186 g/mol. The summed E-state index contributed by atoms with van der Waals surface area (Å²) in [6, 6.07) is 5.66. The molecule has 1 aromatic heterocycles. The maximum absolute atomic E-state index is 12.8. The predicted octanol–water partition coefficient (Wildman–Crippen LogP) is 2.28. The fourth-order valence-corrected chi connectivity index (χ4v) is 1.25. The Labute approximate surface area is 79.6 Å². The Hall–Kier alpha value is -1.71. The third-order valence-electron chi connectivity index (χ3n) is 1.94. The number of rotatable bonds is 2. The van der Waals surface area contributed by atoms with Crippen LogP contribution in [0.3, 0.4) is 0 Å². The van der Waals surface area contributed by atoms with Crippen molar-refractivity contribution < 1.29 is 8.78 Å². The molecule has 2 rings (SSSR count). The highest BCUT2D eigenvalue weighted by atomic mass is 19.2. The maximum Gasteiger partial charge on any atom is 0.159 e. The van der Waals surface area contributed by atoms with E-state index in [4.69, 9.17) is 0 Å². The van der Waals surface area contributed by atoms with Gasteiger partial charge < -0.3 is 0 Å². The van der Waals surface area contributed by atoms with Gasteiger partial charge in [-0.05, 0) is 23.8 Å². The summed E-state index contributed by atoms with van der Waals surface area (Å²) in [7, 11) is 0. The van der Waals surface area contributed by atoms with Gasteiger partial charge in [0.15, 0.2) is 11.6 Å². The molecule has 2 nitrogen and oxygen atoms in total. The van der Waals surface area contributed by atoms with Crippen molar-refractivity contribution in [3.63, 3.8) is 0 Å². The van der Waals surface area contributed by atoms with Gasteiger partial charge in [0.1, 0.15) is 0 Å². The molecule has 1 aromatic carbocycles. The minimum atomic E-state index is -0.821. The Kier molecular flexibility index (Phi) is 2.26. The zero-order chi connectivity index (χ0) is 9.97. The highest BCUT2D eigenvalue weighted by Crippen LogP contribution is 2.11. The SMILES string of the molecule is Fc1ccc(Cc2ccn[nH]2)cc1F. The standard InChI is InChI=1S/C10H8F2N2/c11-9-2-1-7(6-10(9)12)5-8-3-4-13-14-8/h1-4,6H,5H2,(H,13,14). The Bertz CT molecular complexity index is 424. The molecule has 0 bridgehead atoms. The largest absolute Gasteiger partial charge is 0.282 e. The summed E-state index contributed by atoms with van der Waals surface area (Å²) in [5.74, 6) is -1.64. The van der Waals surface area contributed by atoms with E-state index < -0.39 is 11.6 Å². The van der Waals surface area contributed by atoms with E-state index >= 15 is 0 Å².